The molecule has 1 rings (SSSR count). The molecule has 1 nitrogen and oxygen atoms in total. The van der Waals surface area contributed by atoms with Crippen molar-refractivity contribution in [3.05, 3.63) is 36.9 Å². The van der Waals surface area contributed by atoms with Crippen molar-refractivity contribution in [1.29, 1.82) is 0 Å². The Bertz CT molecular complexity index is 211. The summed E-state index contributed by atoms with van der Waals surface area (Å²) in [5.74, 6) is 1.39. The number of ether oxygens (including phenoxy) is 1. The summed E-state index contributed by atoms with van der Waals surface area (Å²) in [5.41, 5.74) is 1.32. The van der Waals surface area contributed by atoms with Crippen LogP contribution in [0.15, 0.2) is 24.3 Å². The van der Waals surface area contributed by atoms with Crippen LogP contribution in [0.3, 0.4) is 0 Å². The van der Waals surface area contributed by atoms with Crippen LogP contribution in [-0.2, 0) is 0 Å². The molecule has 1 aromatic carbocycles. The van der Waals surface area contributed by atoms with Crippen LogP contribution in [0.2, 0.25) is 0 Å². The quantitative estimate of drug-likeness (QED) is 0.628. The highest BCUT2D eigenvalue weighted by molar-refractivity contribution is 5.28. The van der Waals surface area contributed by atoms with E-state index >= 15 is 0 Å². The number of hydrogen-bond acceptors (Lipinski definition) is 1. The van der Waals surface area contributed by atoms with Crippen LogP contribution in [0.4, 0.5) is 0 Å². The van der Waals surface area contributed by atoms with Crippen LogP contribution in [0.1, 0.15) is 25.3 Å². The molecule has 0 saturated heterocycles. The van der Waals surface area contributed by atoms with Gasteiger partial charge in [0.15, 0.2) is 0 Å². The summed E-state index contributed by atoms with van der Waals surface area (Å²) in [4.78, 5) is 0. The van der Waals surface area contributed by atoms with Gasteiger partial charge in [-0.1, -0.05) is 26.0 Å². The van der Waals surface area contributed by atoms with E-state index in [1.165, 1.54) is 5.56 Å². The van der Waals surface area contributed by atoms with Gasteiger partial charge in [0.25, 0.3) is 0 Å². The number of hydrogen-bond donors (Lipinski definition) is 0. The average molecular weight is 149 g/mol. The van der Waals surface area contributed by atoms with Gasteiger partial charge in [0, 0.05) is 0 Å². The SMILES string of the molecule is [CH2]Oc1ccc(C(C)C)cc1. The molecule has 0 unspecified atom stereocenters. The van der Waals surface area contributed by atoms with E-state index in [4.69, 9.17) is 4.74 Å². The van der Waals surface area contributed by atoms with Gasteiger partial charge in [-0.05, 0) is 23.6 Å². The van der Waals surface area contributed by atoms with E-state index in [-0.39, 0.29) is 0 Å². The molecule has 0 fully saturated rings. The standard InChI is InChI=1S/C10H13O/c1-8(2)9-4-6-10(11-3)7-5-9/h4-8H,3H2,1-2H3. The van der Waals surface area contributed by atoms with Gasteiger partial charge in [0.1, 0.15) is 12.9 Å². The maximum absolute atomic E-state index is 4.80. The van der Waals surface area contributed by atoms with Crippen molar-refractivity contribution in [1.82, 2.24) is 0 Å². The first-order valence-corrected chi connectivity index (χ1v) is 3.76. The Hall–Kier alpha value is -0.980. The third kappa shape index (κ3) is 1.97. The molecule has 1 radical (unpaired) electrons. The van der Waals surface area contributed by atoms with Crippen molar-refractivity contribution >= 4 is 0 Å². The number of benzene rings is 1. The third-order valence-corrected chi connectivity index (χ3v) is 1.71. The smallest absolute Gasteiger partial charge is 0.122 e. The summed E-state index contributed by atoms with van der Waals surface area (Å²) in [7, 11) is 3.33. The van der Waals surface area contributed by atoms with Crippen molar-refractivity contribution in [3.8, 4) is 5.75 Å². The Morgan fingerprint density at radius 3 is 2.09 bits per heavy atom. The first kappa shape index (κ1) is 8.12. The molecular formula is C10H13O. The van der Waals surface area contributed by atoms with E-state index in [0.717, 1.165) is 5.75 Å². The lowest BCUT2D eigenvalue weighted by Crippen LogP contribution is -1.86. The van der Waals surface area contributed by atoms with Gasteiger partial charge in [0.05, 0.1) is 0 Å². The first-order valence-electron chi connectivity index (χ1n) is 3.76. The van der Waals surface area contributed by atoms with Crippen LogP contribution in [0, 0.1) is 7.11 Å². The van der Waals surface area contributed by atoms with E-state index in [1.54, 1.807) is 0 Å². The fourth-order valence-corrected chi connectivity index (χ4v) is 0.949. The normalized spacial score (nSPS) is 10.2. The highest BCUT2D eigenvalue weighted by Gasteiger charge is 1.97. The minimum atomic E-state index is 0.578. The monoisotopic (exact) mass is 149 g/mol. The summed E-state index contributed by atoms with van der Waals surface area (Å²) < 4.78 is 4.80. The molecule has 1 heteroatoms. The predicted octanol–water partition coefficient (Wildman–Crippen LogP) is 2.98. The van der Waals surface area contributed by atoms with Gasteiger partial charge in [-0.25, -0.2) is 0 Å². The van der Waals surface area contributed by atoms with E-state index in [0.29, 0.717) is 5.92 Å². The molecule has 0 aliphatic rings. The second-order valence-corrected chi connectivity index (χ2v) is 2.87. The van der Waals surface area contributed by atoms with Crippen molar-refractivity contribution in [2.24, 2.45) is 0 Å². The lowest BCUT2D eigenvalue weighted by Gasteiger charge is -2.05. The van der Waals surface area contributed by atoms with E-state index < -0.39 is 0 Å². The minimum absolute atomic E-state index is 0.578. The second-order valence-electron chi connectivity index (χ2n) is 2.87. The molecule has 0 amide bonds. The zero-order chi connectivity index (χ0) is 8.27. The molecular weight excluding hydrogens is 136 g/mol. The molecule has 0 spiro atoms. The van der Waals surface area contributed by atoms with Gasteiger partial charge in [-0.15, -0.1) is 0 Å². The molecule has 11 heavy (non-hydrogen) atoms. The third-order valence-electron chi connectivity index (χ3n) is 1.71. The Kier molecular flexibility index (Phi) is 2.53. The molecule has 0 atom stereocenters. The van der Waals surface area contributed by atoms with Crippen LogP contribution < -0.4 is 4.74 Å². The maximum Gasteiger partial charge on any atom is 0.122 e. The molecule has 0 aliphatic heterocycles. The lowest BCUT2D eigenvalue weighted by molar-refractivity contribution is 0.472. The van der Waals surface area contributed by atoms with Gasteiger partial charge in [-0.3, -0.25) is 0 Å². The molecule has 59 valence electrons. The lowest BCUT2D eigenvalue weighted by atomic mass is 10.0. The van der Waals surface area contributed by atoms with Gasteiger partial charge >= 0.3 is 0 Å². The van der Waals surface area contributed by atoms with Crippen LogP contribution in [-0.4, -0.2) is 0 Å². The zero-order valence-corrected chi connectivity index (χ0v) is 7.00. The molecule has 0 heterocycles. The van der Waals surface area contributed by atoms with Gasteiger partial charge in [0.2, 0.25) is 0 Å². The van der Waals surface area contributed by atoms with Crippen molar-refractivity contribution in [2.75, 3.05) is 0 Å². The largest absolute Gasteiger partial charge is 0.490 e. The summed E-state index contributed by atoms with van der Waals surface area (Å²) in [6.45, 7) is 4.33. The van der Waals surface area contributed by atoms with Crippen molar-refractivity contribution in [2.45, 2.75) is 19.8 Å². The topological polar surface area (TPSA) is 9.23 Å². The fourth-order valence-electron chi connectivity index (χ4n) is 0.949. The van der Waals surface area contributed by atoms with Crippen molar-refractivity contribution in [3.63, 3.8) is 0 Å². The van der Waals surface area contributed by atoms with Gasteiger partial charge < -0.3 is 4.74 Å². The maximum atomic E-state index is 4.80. The minimum Gasteiger partial charge on any atom is -0.490 e. The second kappa shape index (κ2) is 3.42. The molecule has 0 bridgehead atoms. The highest BCUT2D eigenvalue weighted by Crippen LogP contribution is 2.17. The molecule has 0 N–H and O–H groups in total. The first-order chi connectivity index (χ1) is 5.24. The fraction of sp³-hybridized carbons (Fsp3) is 0.300. The van der Waals surface area contributed by atoms with Gasteiger partial charge in [-0.2, -0.15) is 0 Å². The molecule has 0 aliphatic carbocycles. The van der Waals surface area contributed by atoms with Crippen LogP contribution in [0.25, 0.3) is 0 Å². The van der Waals surface area contributed by atoms with E-state index in [1.807, 2.05) is 12.1 Å². The summed E-state index contributed by atoms with van der Waals surface area (Å²) in [6.07, 6.45) is 0. The van der Waals surface area contributed by atoms with Crippen LogP contribution >= 0.6 is 0 Å². The predicted molar refractivity (Wildman–Crippen MR) is 46.5 cm³/mol. The summed E-state index contributed by atoms with van der Waals surface area (Å²) in [6, 6.07) is 7.99. The van der Waals surface area contributed by atoms with Crippen molar-refractivity contribution < 1.29 is 4.74 Å². The van der Waals surface area contributed by atoms with E-state index in [9.17, 15) is 0 Å². The number of rotatable bonds is 2. The molecule has 0 saturated carbocycles. The highest BCUT2D eigenvalue weighted by atomic mass is 16.5. The molecule has 0 aromatic heterocycles. The van der Waals surface area contributed by atoms with E-state index in [2.05, 4.69) is 33.1 Å². The Labute approximate surface area is 68.0 Å². The summed E-state index contributed by atoms with van der Waals surface area (Å²) >= 11 is 0. The Morgan fingerprint density at radius 1 is 1.18 bits per heavy atom. The Balaban J connectivity index is 2.83. The van der Waals surface area contributed by atoms with Crippen LogP contribution in [0.5, 0.6) is 5.75 Å². The zero-order valence-electron chi connectivity index (χ0n) is 7.00. The molecule has 1 aromatic rings. The Morgan fingerprint density at radius 2 is 1.73 bits per heavy atom. The average Bonchev–Trinajstić information content (AvgIpc) is 2.05. The summed E-state index contributed by atoms with van der Waals surface area (Å²) in [5, 5.41) is 0.